The minimum Gasteiger partial charge on any atom is -0.147 e. The van der Waals surface area contributed by atoms with E-state index in [2.05, 4.69) is 13.8 Å². The van der Waals surface area contributed by atoms with Gasteiger partial charge in [-0.25, -0.2) is 0 Å². The zero-order valence-corrected chi connectivity index (χ0v) is 8.89. The van der Waals surface area contributed by atoms with Crippen molar-refractivity contribution in [2.24, 2.45) is 5.92 Å². The summed E-state index contributed by atoms with van der Waals surface area (Å²) in [5, 5.41) is 1.45. The topological polar surface area (TPSA) is 0 Å². The van der Waals surface area contributed by atoms with Gasteiger partial charge in [0.2, 0.25) is 0 Å². The van der Waals surface area contributed by atoms with Crippen molar-refractivity contribution in [3.05, 3.63) is 0 Å². The molecule has 1 unspecified atom stereocenters. The molecular formula is C5H12ClZn. The van der Waals surface area contributed by atoms with E-state index in [-0.39, 0.29) is 12.4 Å². The first kappa shape index (κ1) is 10.8. The van der Waals surface area contributed by atoms with Crippen molar-refractivity contribution in [1.82, 2.24) is 0 Å². The van der Waals surface area contributed by atoms with E-state index in [9.17, 15) is 0 Å². The molecule has 0 aromatic heterocycles. The Hall–Kier alpha value is 0.913. The zero-order chi connectivity index (χ0) is 4.99. The van der Waals surface area contributed by atoms with Gasteiger partial charge in [0, 0.05) is 0 Å². The molecule has 1 atom stereocenters. The van der Waals surface area contributed by atoms with Crippen LogP contribution in [0.2, 0.25) is 5.02 Å². The first-order valence-electron chi connectivity index (χ1n) is 2.60. The van der Waals surface area contributed by atoms with Crippen LogP contribution in [-0.2, 0) is 18.3 Å². The molecule has 0 saturated heterocycles. The van der Waals surface area contributed by atoms with Crippen LogP contribution in [-0.4, -0.2) is 0 Å². The largest absolute Gasteiger partial charge is 0.147 e. The maximum Gasteiger partial charge on any atom is -0.147 e. The second-order valence-corrected chi connectivity index (χ2v) is 3.01. The Morgan fingerprint density at radius 3 is 2.00 bits per heavy atom. The van der Waals surface area contributed by atoms with Crippen LogP contribution >= 0.6 is 12.4 Å². The van der Waals surface area contributed by atoms with Crippen molar-refractivity contribution in [2.45, 2.75) is 25.3 Å². The molecule has 7 heavy (non-hydrogen) atoms. The van der Waals surface area contributed by atoms with E-state index in [0.29, 0.717) is 0 Å². The fourth-order valence-corrected chi connectivity index (χ4v) is 1.06. The standard InChI is InChI=1S/C5H11.ClH.Zn/c1-4-5(2)3;;/h5H,2,4H2,1,3H3;1H;. The summed E-state index contributed by atoms with van der Waals surface area (Å²) >= 11 is 1.47. The van der Waals surface area contributed by atoms with Gasteiger partial charge in [0.1, 0.15) is 0 Å². The Morgan fingerprint density at radius 1 is 1.57 bits per heavy atom. The van der Waals surface area contributed by atoms with E-state index in [1.807, 2.05) is 0 Å². The average Bonchev–Trinajstić information content (AvgIpc) is 1.65. The van der Waals surface area contributed by atoms with Crippen LogP contribution in [0.4, 0.5) is 0 Å². The van der Waals surface area contributed by atoms with Gasteiger partial charge < -0.3 is 0 Å². The van der Waals surface area contributed by atoms with Crippen molar-refractivity contribution in [1.29, 1.82) is 0 Å². The van der Waals surface area contributed by atoms with Crippen LogP contribution in [0.1, 0.15) is 20.3 Å². The number of hydrogen-bond acceptors (Lipinski definition) is 0. The smallest absolute Gasteiger partial charge is 0.147 e. The second-order valence-electron chi connectivity index (χ2n) is 1.80. The first-order valence-corrected chi connectivity index (χ1v) is 4.70. The van der Waals surface area contributed by atoms with E-state index in [0.717, 1.165) is 5.92 Å². The molecular weight excluding hydrogens is 161 g/mol. The fourth-order valence-electron chi connectivity index (χ4n) is 0.204. The van der Waals surface area contributed by atoms with E-state index in [4.69, 9.17) is 0 Å². The normalized spacial score (nSPS) is 12.6. The van der Waals surface area contributed by atoms with Crippen molar-refractivity contribution in [3.63, 3.8) is 0 Å². The van der Waals surface area contributed by atoms with E-state index >= 15 is 0 Å². The molecule has 0 spiro atoms. The molecule has 2 heteroatoms. The maximum atomic E-state index is 2.31. The Balaban J connectivity index is 0. The third kappa shape index (κ3) is 6.91. The quantitative estimate of drug-likeness (QED) is 0.562. The third-order valence-electron chi connectivity index (χ3n) is 1.19. The summed E-state index contributed by atoms with van der Waals surface area (Å²) in [6.45, 7) is 4.56. The molecule has 0 nitrogen and oxygen atoms in total. The molecule has 0 aliphatic rings. The van der Waals surface area contributed by atoms with Crippen molar-refractivity contribution in [2.75, 3.05) is 0 Å². The van der Waals surface area contributed by atoms with Gasteiger partial charge in [-0.05, 0) is 0 Å². The van der Waals surface area contributed by atoms with Crippen LogP contribution in [0.15, 0.2) is 0 Å². The Morgan fingerprint density at radius 2 is 2.00 bits per heavy atom. The maximum absolute atomic E-state index is 2.31. The van der Waals surface area contributed by atoms with Gasteiger partial charge in [0.15, 0.2) is 0 Å². The van der Waals surface area contributed by atoms with E-state index in [1.165, 1.54) is 29.7 Å². The minimum atomic E-state index is 0. The van der Waals surface area contributed by atoms with Crippen LogP contribution in [0.25, 0.3) is 0 Å². The van der Waals surface area contributed by atoms with E-state index in [1.54, 1.807) is 0 Å². The second kappa shape index (κ2) is 6.91. The van der Waals surface area contributed by atoms with Gasteiger partial charge >= 0.3 is 49.5 Å². The zero-order valence-electron chi connectivity index (χ0n) is 5.11. The molecule has 0 saturated carbocycles. The average molecular weight is 173 g/mol. The molecule has 41 valence electrons. The Labute approximate surface area is 62.2 Å². The molecule has 0 aliphatic carbocycles. The SMILES string of the molecule is CCC(C)[CH2][Zn].Cl. The van der Waals surface area contributed by atoms with Crippen molar-refractivity contribution >= 4 is 12.4 Å². The molecule has 0 fully saturated rings. The van der Waals surface area contributed by atoms with Crippen LogP contribution in [0.5, 0.6) is 0 Å². The fraction of sp³-hybridized carbons (Fsp3) is 1.00. The molecule has 0 radical (unpaired) electrons. The van der Waals surface area contributed by atoms with Gasteiger partial charge in [-0.15, -0.1) is 12.4 Å². The Kier molecular flexibility index (Phi) is 10.7. The van der Waals surface area contributed by atoms with Gasteiger partial charge in [-0.2, -0.15) is 0 Å². The molecule has 0 aliphatic heterocycles. The summed E-state index contributed by atoms with van der Waals surface area (Å²) in [7, 11) is 0. The molecule has 0 aromatic rings. The van der Waals surface area contributed by atoms with Crippen LogP contribution < -0.4 is 0 Å². The minimum absolute atomic E-state index is 0. The third-order valence-corrected chi connectivity index (χ3v) is 3.26. The number of halogens is 1. The van der Waals surface area contributed by atoms with Gasteiger partial charge in [-0.3, -0.25) is 0 Å². The summed E-state index contributed by atoms with van der Waals surface area (Å²) in [5.74, 6) is 0.991. The molecule has 0 aromatic carbocycles. The number of rotatable bonds is 2. The van der Waals surface area contributed by atoms with Gasteiger partial charge in [0.25, 0.3) is 0 Å². The molecule has 0 rings (SSSR count). The van der Waals surface area contributed by atoms with Crippen LogP contribution in [0.3, 0.4) is 0 Å². The van der Waals surface area contributed by atoms with Crippen molar-refractivity contribution in [3.8, 4) is 0 Å². The van der Waals surface area contributed by atoms with Crippen molar-refractivity contribution < 1.29 is 18.3 Å². The van der Waals surface area contributed by atoms with E-state index < -0.39 is 0 Å². The van der Waals surface area contributed by atoms with Crippen LogP contribution in [0, 0.1) is 5.92 Å². The summed E-state index contributed by atoms with van der Waals surface area (Å²) in [6, 6.07) is 0. The van der Waals surface area contributed by atoms with Gasteiger partial charge in [0.05, 0.1) is 0 Å². The first-order chi connectivity index (χ1) is 2.81. The predicted octanol–water partition coefficient (Wildman–Crippen LogP) is 2.42. The molecule has 0 amide bonds. The Bertz CT molecular complexity index is 27.3. The molecule has 0 heterocycles. The number of hydrogen-bond donors (Lipinski definition) is 0. The predicted molar refractivity (Wildman–Crippen MR) is 31.5 cm³/mol. The summed E-state index contributed by atoms with van der Waals surface area (Å²) < 4.78 is 0. The summed E-state index contributed by atoms with van der Waals surface area (Å²) in [5.41, 5.74) is 0. The summed E-state index contributed by atoms with van der Waals surface area (Å²) in [6.07, 6.45) is 1.36. The molecule has 0 bridgehead atoms. The summed E-state index contributed by atoms with van der Waals surface area (Å²) in [4.78, 5) is 0. The monoisotopic (exact) mass is 171 g/mol. The molecule has 0 N–H and O–H groups in total. The van der Waals surface area contributed by atoms with Gasteiger partial charge in [-0.1, -0.05) is 0 Å².